The van der Waals surface area contributed by atoms with Crippen LogP contribution >= 0.6 is 15.9 Å². The summed E-state index contributed by atoms with van der Waals surface area (Å²) < 4.78 is 19.1. The van der Waals surface area contributed by atoms with Crippen LogP contribution in [-0.4, -0.2) is 19.2 Å². The van der Waals surface area contributed by atoms with Crippen LogP contribution in [0.2, 0.25) is 0 Å². The standard InChI is InChI=1S/C10H11BrFNO/c11-9-2-1-7(12)5-10(9)14-6-8-3-4-13-8/h1-2,5,8,13H,3-4,6H2. The Bertz CT molecular complexity index is 328. The van der Waals surface area contributed by atoms with E-state index in [1.807, 2.05) is 0 Å². The van der Waals surface area contributed by atoms with Crippen molar-refractivity contribution in [1.82, 2.24) is 5.32 Å². The van der Waals surface area contributed by atoms with E-state index in [9.17, 15) is 4.39 Å². The zero-order valence-electron chi connectivity index (χ0n) is 7.59. The van der Waals surface area contributed by atoms with Gasteiger partial charge in [0, 0.05) is 12.1 Å². The zero-order valence-corrected chi connectivity index (χ0v) is 9.18. The summed E-state index contributed by atoms with van der Waals surface area (Å²) in [6.45, 7) is 1.65. The highest BCUT2D eigenvalue weighted by Crippen LogP contribution is 2.25. The highest BCUT2D eigenvalue weighted by Gasteiger charge is 2.17. The third-order valence-electron chi connectivity index (χ3n) is 2.26. The minimum Gasteiger partial charge on any atom is -0.491 e. The summed E-state index contributed by atoms with van der Waals surface area (Å²) in [4.78, 5) is 0. The lowest BCUT2D eigenvalue weighted by atomic mass is 10.1. The van der Waals surface area contributed by atoms with E-state index < -0.39 is 0 Å². The van der Waals surface area contributed by atoms with Gasteiger partial charge in [-0.2, -0.15) is 0 Å². The molecule has 1 heterocycles. The molecule has 1 aromatic carbocycles. The molecule has 2 rings (SSSR count). The lowest BCUT2D eigenvalue weighted by molar-refractivity contribution is 0.216. The first kappa shape index (κ1) is 9.93. The van der Waals surface area contributed by atoms with Crippen LogP contribution in [0.15, 0.2) is 22.7 Å². The maximum atomic E-state index is 12.9. The van der Waals surface area contributed by atoms with Crippen molar-refractivity contribution < 1.29 is 9.13 Å². The molecule has 0 aromatic heterocycles. The number of rotatable bonds is 3. The summed E-state index contributed by atoms with van der Waals surface area (Å²) in [6, 6.07) is 4.87. The molecule has 4 heteroatoms. The minimum atomic E-state index is -0.273. The Kier molecular flexibility index (Phi) is 3.03. The number of ether oxygens (including phenoxy) is 1. The first-order valence-electron chi connectivity index (χ1n) is 4.57. The molecule has 0 aliphatic carbocycles. The molecule has 1 fully saturated rings. The Hall–Kier alpha value is -0.610. The van der Waals surface area contributed by atoms with E-state index in [-0.39, 0.29) is 5.82 Å². The molecule has 1 N–H and O–H groups in total. The SMILES string of the molecule is Fc1ccc(Br)c(OCC2CCN2)c1. The molecule has 1 saturated heterocycles. The van der Waals surface area contributed by atoms with Crippen LogP contribution in [0.4, 0.5) is 4.39 Å². The van der Waals surface area contributed by atoms with E-state index in [4.69, 9.17) is 4.74 Å². The van der Waals surface area contributed by atoms with Gasteiger partial charge in [0.2, 0.25) is 0 Å². The van der Waals surface area contributed by atoms with Crippen LogP contribution in [0.25, 0.3) is 0 Å². The minimum absolute atomic E-state index is 0.273. The molecule has 0 bridgehead atoms. The van der Waals surface area contributed by atoms with E-state index in [0.717, 1.165) is 17.4 Å². The summed E-state index contributed by atoms with van der Waals surface area (Å²) in [7, 11) is 0. The Labute approximate surface area is 90.6 Å². The molecular weight excluding hydrogens is 249 g/mol. The van der Waals surface area contributed by atoms with Crippen molar-refractivity contribution in [3.05, 3.63) is 28.5 Å². The molecule has 14 heavy (non-hydrogen) atoms. The summed E-state index contributed by atoms with van der Waals surface area (Å²) in [5.74, 6) is 0.295. The molecule has 1 aromatic rings. The second kappa shape index (κ2) is 4.28. The highest BCUT2D eigenvalue weighted by molar-refractivity contribution is 9.10. The van der Waals surface area contributed by atoms with E-state index in [2.05, 4.69) is 21.2 Å². The van der Waals surface area contributed by atoms with Gasteiger partial charge in [-0.3, -0.25) is 0 Å². The Morgan fingerprint density at radius 3 is 3.00 bits per heavy atom. The second-order valence-electron chi connectivity index (χ2n) is 3.33. The van der Waals surface area contributed by atoms with Crippen LogP contribution in [0, 0.1) is 5.82 Å². The summed E-state index contributed by atoms with van der Waals surface area (Å²) in [6.07, 6.45) is 1.13. The Balaban J connectivity index is 1.96. The lowest BCUT2D eigenvalue weighted by Crippen LogP contribution is -2.46. The van der Waals surface area contributed by atoms with Crippen LogP contribution in [-0.2, 0) is 0 Å². The van der Waals surface area contributed by atoms with Gasteiger partial charge in [0.1, 0.15) is 18.2 Å². The fourth-order valence-electron chi connectivity index (χ4n) is 1.27. The van der Waals surface area contributed by atoms with Crippen molar-refractivity contribution in [2.75, 3.05) is 13.2 Å². The number of nitrogens with one attached hydrogen (secondary N) is 1. The molecule has 0 spiro atoms. The maximum absolute atomic E-state index is 12.9. The van der Waals surface area contributed by atoms with Crippen LogP contribution in [0.5, 0.6) is 5.75 Å². The quantitative estimate of drug-likeness (QED) is 0.900. The molecule has 2 nitrogen and oxygen atoms in total. The first-order chi connectivity index (χ1) is 6.75. The van der Waals surface area contributed by atoms with Gasteiger partial charge in [-0.1, -0.05) is 0 Å². The van der Waals surface area contributed by atoms with Crippen LogP contribution in [0.1, 0.15) is 6.42 Å². The molecular formula is C10H11BrFNO. The zero-order chi connectivity index (χ0) is 9.97. The van der Waals surface area contributed by atoms with Gasteiger partial charge in [-0.25, -0.2) is 4.39 Å². The molecule has 1 unspecified atom stereocenters. The normalized spacial score (nSPS) is 20.3. The van der Waals surface area contributed by atoms with Gasteiger partial charge in [0.25, 0.3) is 0 Å². The fraction of sp³-hybridized carbons (Fsp3) is 0.400. The first-order valence-corrected chi connectivity index (χ1v) is 5.36. The Morgan fingerprint density at radius 1 is 1.57 bits per heavy atom. The van der Waals surface area contributed by atoms with E-state index in [1.165, 1.54) is 12.1 Å². The summed E-state index contributed by atoms with van der Waals surface area (Å²) in [5, 5.41) is 3.22. The van der Waals surface area contributed by atoms with Gasteiger partial charge in [-0.15, -0.1) is 0 Å². The monoisotopic (exact) mass is 259 g/mol. The van der Waals surface area contributed by atoms with Gasteiger partial charge in [0.15, 0.2) is 0 Å². The smallest absolute Gasteiger partial charge is 0.136 e. The maximum Gasteiger partial charge on any atom is 0.136 e. The van der Waals surface area contributed by atoms with Crippen molar-refractivity contribution in [1.29, 1.82) is 0 Å². The molecule has 1 aliphatic heterocycles. The average Bonchev–Trinajstić information content (AvgIpc) is 2.08. The van der Waals surface area contributed by atoms with Gasteiger partial charge >= 0.3 is 0 Å². The van der Waals surface area contributed by atoms with Crippen molar-refractivity contribution in [3.63, 3.8) is 0 Å². The van der Waals surface area contributed by atoms with Crippen molar-refractivity contribution in [2.24, 2.45) is 0 Å². The second-order valence-corrected chi connectivity index (χ2v) is 4.18. The number of benzene rings is 1. The fourth-order valence-corrected chi connectivity index (χ4v) is 1.63. The van der Waals surface area contributed by atoms with Crippen molar-refractivity contribution in [3.8, 4) is 5.75 Å². The molecule has 0 radical (unpaired) electrons. The van der Waals surface area contributed by atoms with E-state index in [1.54, 1.807) is 6.07 Å². The number of hydrogen-bond donors (Lipinski definition) is 1. The summed E-state index contributed by atoms with van der Waals surface area (Å²) in [5.41, 5.74) is 0. The topological polar surface area (TPSA) is 21.3 Å². The largest absolute Gasteiger partial charge is 0.491 e. The number of halogens is 2. The average molecular weight is 260 g/mol. The third kappa shape index (κ3) is 2.25. The predicted molar refractivity (Wildman–Crippen MR) is 56.0 cm³/mol. The molecule has 1 atom stereocenters. The van der Waals surface area contributed by atoms with E-state index >= 15 is 0 Å². The predicted octanol–water partition coefficient (Wildman–Crippen LogP) is 2.33. The third-order valence-corrected chi connectivity index (χ3v) is 2.91. The van der Waals surface area contributed by atoms with Crippen molar-refractivity contribution in [2.45, 2.75) is 12.5 Å². The molecule has 76 valence electrons. The summed E-state index contributed by atoms with van der Waals surface area (Å²) >= 11 is 3.31. The number of hydrogen-bond acceptors (Lipinski definition) is 2. The van der Waals surface area contributed by atoms with E-state index in [0.29, 0.717) is 18.4 Å². The Morgan fingerprint density at radius 2 is 2.36 bits per heavy atom. The van der Waals surface area contributed by atoms with Gasteiger partial charge < -0.3 is 10.1 Å². The van der Waals surface area contributed by atoms with Crippen LogP contribution in [0.3, 0.4) is 0 Å². The van der Waals surface area contributed by atoms with Gasteiger partial charge in [0.05, 0.1) is 4.47 Å². The molecule has 0 amide bonds. The van der Waals surface area contributed by atoms with Crippen molar-refractivity contribution >= 4 is 15.9 Å². The molecule has 0 saturated carbocycles. The highest BCUT2D eigenvalue weighted by atomic mass is 79.9. The molecule has 1 aliphatic rings. The van der Waals surface area contributed by atoms with Crippen LogP contribution < -0.4 is 10.1 Å². The van der Waals surface area contributed by atoms with Gasteiger partial charge in [-0.05, 0) is 41.0 Å². The lowest BCUT2D eigenvalue weighted by Gasteiger charge is -2.27.